The second-order valence-electron chi connectivity index (χ2n) is 5.00. The Morgan fingerprint density at radius 3 is 2.81 bits per heavy atom. The van der Waals surface area contributed by atoms with Gasteiger partial charge in [0, 0.05) is 18.1 Å². The van der Waals surface area contributed by atoms with Crippen LogP contribution in [0.1, 0.15) is 12.8 Å². The third-order valence-corrected chi connectivity index (χ3v) is 3.50. The molecule has 4 nitrogen and oxygen atoms in total. The molecule has 5 heteroatoms. The zero-order chi connectivity index (χ0) is 13.6. The maximum Gasteiger partial charge on any atom is 0.317 e. The average Bonchev–Trinajstić information content (AvgIpc) is 3.00. The number of fused-ring (bicyclic) bond motifs is 1. The second-order valence-corrected chi connectivity index (χ2v) is 5.00. The van der Waals surface area contributed by atoms with Gasteiger partial charge in [0.1, 0.15) is 6.61 Å². The predicted octanol–water partition coefficient (Wildman–Crippen LogP) is 3.08. The molecule has 1 fully saturated rings. The van der Waals surface area contributed by atoms with Crippen LogP contribution in [0.15, 0.2) is 42.6 Å². The number of rotatable bonds is 5. The second kappa shape index (κ2) is 7.96. The highest BCUT2D eigenvalue weighted by atomic mass is 35.5. The Labute approximate surface area is 131 Å². The molecule has 1 aliphatic rings. The van der Waals surface area contributed by atoms with Crippen LogP contribution < -0.4 is 4.74 Å². The van der Waals surface area contributed by atoms with E-state index in [1.54, 1.807) is 6.20 Å². The minimum atomic E-state index is 0. The summed E-state index contributed by atoms with van der Waals surface area (Å²) >= 11 is 0. The molecule has 1 aliphatic heterocycles. The Morgan fingerprint density at radius 2 is 1.95 bits per heavy atom. The summed E-state index contributed by atoms with van der Waals surface area (Å²) in [4.78, 5) is 11.0. The lowest BCUT2D eigenvalue weighted by atomic mass is 10.2. The van der Waals surface area contributed by atoms with Gasteiger partial charge in [0.25, 0.3) is 0 Å². The van der Waals surface area contributed by atoms with Crippen LogP contribution in [0.2, 0.25) is 0 Å². The molecule has 112 valence electrons. The van der Waals surface area contributed by atoms with E-state index >= 15 is 0 Å². The predicted molar refractivity (Wildman–Crippen MR) is 87.1 cm³/mol. The van der Waals surface area contributed by atoms with Gasteiger partial charge in [0.15, 0.2) is 0 Å². The molecule has 2 aromatic rings. The fourth-order valence-corrected chi connectivity index (χ4v) is 2.40. The highest BCUT2D eigenvalue weighted by molar-refractivity contribution is 5.85. The summed E-state index contributed by atoms with van der Waals surface area (Å²) < 4.78 is 5.55. The van der Waals surface area contributed by atoms with Crippen LogP contribution in [0.25, 0.3) is 10.9 Å². The largest absolute Gasteiger partial charge is 0.459 e. The first-order chi connectivity index (χ1) is 9.92. The fraction of sp³-hybridized carbons (Fsp3) is 0.375. The Balaban J connectivity index is 0.00000161. The first-order valence-electron chi connectivity index (χ1n) is 7.14. The van der Waals surface area contributed by atoms with E-state index in [4.69, 9.17) is 4.74 Å². The van der Waals surface area contributed by atoms with Crippen molar-refractivity contribution >= 4 is 23.3 Å². The SMILES string of the molecule is C(=C\CN1CCCC1)/COc1ncc2ccccc2n1.Cl. The van der Waals surface area contributed by atoms with Gasteiger partial charge in [-0.15, -0.1) is 12.4 Å². The summed E-state index contributed by atoms with van der Waals surface area (Å²) in [5, 5.41) is 1.03. The van der Waals surface area contributed by atoms with Crippen LogP contribution in [0.5, 0.6) is 6.01 Å². The third kappa shape index (κ3) is 4.41. The summed E-state index contributed by atoms with van der Waals surface area (Å²) in [5.41, 5.74) is 0.915. The van der Waals surface area contributed by atoms with E-state index in [-0.39, 0.29) is 12.4 Å². The molecule has 0 radical (unpaired) electrons. The van der Waals surface area contributed by atoms with Gasteiger partial charge in [0.2, 0.25) is 0 Å². The molecular formula is C16H20ClN3O. The normalized spacial score (nSPS) is 15.4. The number of hydrogen-bond donors (Lipinski definition) is 0. The van der Waals surface area contributed by atoms with Gasteiger partial charge in [-0.2, -0.15) is 4.98 Å². The van der Waals surface area contributed by atoms with Crippen molar-refractivity contribution in [1.82, 2.24) is 14.9 Å². The quantitative estimate of drug-likeness (QED) is 0.796. The number of para-hydroxylation sites is 1. The molecule has 2 heterocycles. The topological polar surface area (TPSA) is 38.2 Å². The monoisotopic (exact) mass is 305 g/mol. The third-order valence-electron chi connectivity index (χ3n) is 3.50. The summed E-state index contributed by atoms with van der Waals surface area (Å²) in [6, 6.07) is 8.35. The lowest BCUT2D eigenvalue weighted by Crippen LogP contribution is -2.18. The van der Waals surface area contributed by atoms with Crippen molar-refractivity contribution in [3.05, 3.63) is 42.6 Å². The molecule has 1 aromatic heterocycles. The van der Waals surface area contributed by atoms with Crippen molar-refractivity contribution in [2.45, 2.75) is 12.8 Å². The van der Waals surface area contributed by atoms with Crippen LogP contribution >= 0.6 is 12.4 Å². The molecule has 0 amide bonds. The van der Waals surface area contributed by atoms with Crippen molar-refractivity contribution in [2.24, 2.45) is 0 Å². The van der Waals surface area contributed by atoms with Gasteiger partial charge in [-0.25, -0.2) is 4.98 Å². The molecule has 21 heavy (non-hydrogen) atoms. The number of likely N-dealkylation sites (tertiary alicyclic amines) is 1. The zero-order valence-corrected chi connectivity index (χ0v) is 12.8. The van der Waals surface area contributed by atoms with E-state index in [0.717, 1.165) is 17.4 Å². The number of benzene rings is 1. The number of ether oxygens (including phenoxy) is 1. The molecule has 0 N–H and O–H groups in total. The van der Waals surface area contributed by atoms with Crippen LogP contribution in [-0.2, 0) is 0 Å². The van der Waals surface area contributed by atoms with Gasteiger partial charge in [-0.1, -0.05) is 24.3 Å². The van der Waals surface area contributed by atoms with E-state index in [9.17, 15) is 0 Å². The molecule has 0 atom stereocenters. The first-order valence-corrected chi connectivity index (χ1v) is 7.14. The van der Waals surface area contributed by atoms with Crippen LogP contribution in [0, 0.1) is 0 Å². The van der Waals surface area contributed by atoms with Gasteiger partial charge >= 0.3 is 6.01 Å². The van der Waals surface area contributed by atoms with Crippen LogP contribution in [-0.4, -0.2) is 41.1 Å². The summed E-state index contributed by atoms with van der Waals surface area (Å²) in [6.07, 6.45) is 8.65. The van der Waals surface area contributed by atoms with Gasteiger partial charge < -0.3 is 4.74 Å². The number of nitrogens with zero attached hydrogens (tertiary/aromatic N) is 3. The minimum absolute atomic E-state index is 0. The molecule has 1 saturated heterocycles. The Bertz CT molecular complexity index is 597. The van der Waals surface area contributed by atoms with Gasteiger partial charge in [0.05, 0.1) is 5.52 Å². The van der Waals surface area contributed by atoms with E-state index in [2.05, 4.69) is 20.9 Å². The number of hydrogen-bond acceptors (Lipinski definition) is 4. The molecule has 1 aromatic carbocycles. The molecule has 0 unspecified atom stereocenters. The minimum Gasteiger partial charge on any atom is -0.459 e. The summed E-state index contributed by atoms with van der Waals surface area (Å²) in [6.45, 7) is 3.98. The zero-order valence-electron chi connectivity index (χ0n) is 11.9. The molecule has 3 rings (SSSR count). The van der Waals surface area contributed by atoms with Gasteiger partial charge in [-0.05, 0) is 38.1 Å². The number of aromatic nitrogens is 2. The Hall–Kier alpha value is -1.65. The summed E-state index contributed by atoms with van der Waals surface area (Å²) in [5.74, 6) is 0. The van der Waals surface area contributed by atoms with Crippen molar-refractivity contribution in [2.75, 3.05) is 26.2 Å². The maximum absolute atomic E-state index is 5.55. The fourth-order valence-electron chi connectivity index (χ4n) is 2.40. The molecule has 0 saturated carbocycles. The molecule has 0 aliphatic carbocycles. The molecule has 0 bridgehead atoms. The van der Waals surface area contributed by atoms with E-state index in [1.807, 2.05) is 30.3 Å². The Kier molecular flexibility index (Phi) is 5.96. The highest BCUT2D eigenvalue weighted by Crippen LogP contribution is 2.12. The van der Waals surface area contributed by atoms with E-state index in [1.165, 1.54) is 25.9 Å². The van der Waals surface area contributed by atoms with Crippen molar-refractivity contribution in [3.63, 3.8) is 0 Å². The first kappa shape index (κ1) is 15.7. The van der Waals surface area contributed by atoms with Crippen molar-refractivity contribution in [1.29, 1.82) is 0 Å². The Morgan fingerprint density at radius 1 is 1.14 bits per heavy atom. The molecular weight excluding hydrogens is 286 g/mol. The lowest BCUT2D eigenvalue weighted by molar-refractivity contribution is 0.332. The van der Waals surface area contributed by atoms with Gasteiger partial charge in [-0.3, -0.25) is 4.90 Å². The van der Waals surface area contributed by atoms with Crippen molar-refractivity contribution < 1.29 is 4.74 Å². The average molecular weight is 306 g/mol. The highest BCUT2D eigenvalue weighted by Gasteiger charge is 2.08. The number of halogens is 1. The van der Waals surface area contributed by atoms with Crippen molar-refractivity contribution in [3.8, 4) is 6.01 Å². The van der Waals surface area contributed by atoms with Crippen LogP contribution in [0.3, 0.4) is 0 Å². The smallest absolute Gasteiger partial charge is 0.317 e. The summed E-state index contributed by atoms with van der Waals surface area (Å²) in [7, 11) is 0. The lowest BCUT2D eigenvalue weighted by Gasteiger charge is -2.10. The standard InChI is InChI=1S/C16H19N3O.ClH/c1-2-8-15-14(7-1)13-17-16(18-15)20-12-6-5-11-19-9-3-4-10-19;/h1-2,5-8,13H,3-4,9-12H2;1H/b6-5+;. The maximum atomic E-state index is 5.55. The van der Waals surface area contributed by atoms with E-state index in [0.29, 0.717) is 12.6 Å². The van der Waals surface area contributed by atoms with Crippen LogP contribution in [0.4, 0.5) is 0 Å². The van der Waals surface area contributed by atoms with E-state index < -0.39 is 0 Å². The molecule has 0 spiro atoms.